The summed E-state index contributed by atoms with van der Waals surface area (Å²) < 4.78 is 5.77. The molecule has 0 bridgehead atoms. The Bertz CT molecular complexity index is 233. The minimum absolute atomic E-state index is 0.0736. The fourth-order valence-corrected chi connectivity index (χ4v) is 2.68. The molecule has 0 radical (unpaired) electrons. The third-order valence-electron chi connectivity index (χ3n) is 3.57. The molecule has 1 atom stereocenters. The van der Waals surface area contributed by atoms with Crippen LogP contribution in [0.15, 0.2) is 0 Å². The van der Waals surface area contributed by atoms with Gasteiger partial charge in [0.2, 0.25) is 0 Å². The van der Waals surface area contributed by atoms with Crippen molar-refractivity contribution in [2.75, 3.05) is 14.2 Å². The van der Waals surface area contributed by atoms with Crippen LogP contribution in [0, 0.1) is 11.8 Å². The molecule has 1 saturated carbocycles. The molecule has 1 aliphatic carbocycles. The van der Waals surface area contributed by atoms with Gasteiger partial charge < -0.3 is 10.1 Å². The second-order valence-corrected chi connectivity index (χ2v) is 4.28. The molecule has 1 unspecified atom stereocenters. The zero-order valence-corrected chi connectivity index (χ0v) is 10.2. The van der Waals surface area contributed by atoms with E-state index >= 15 is 0 Å². The van der Waals surface area contributed by atoms with Crippen molar-refractivity contribution in [1.29, 1.82) is 0 Å². The lowest BCUT2D eigenvalue weighted by molar-refractivity contribution is -0.0355. The van der Waals surface area contributed by atoms with Gasteiger partial charge >= 0.3 is 0 Å². The van der Waals surface area contributed by atoms with Crippen molar-refractivity contribution >= 4 is 0 Å². The van der Waals surface area contributed by atoms with Crippen molar-refractivity contribution < 1.29 is 4.74 Å². The highest BCUT2D eigenvalue weighted by atomic mass is 16.5. The number of likely N-dealkylation sites (N-methyl/N-ethyl adjacent to an activating group) is 1. The maximum Gasteiger partial charge on any atom is 0.0831 e. The molecular weight excluding hydrogens is 186 g/mol. The van der Waals surface area contributed by atoms with E-state index < -0.39 is 0 Å². The van der Waals surface area contributed by atoms with Crippen LogP contribution in [0.5, 0.6) is 0 Å². The average molecular weight is 209 g/mol. The van der Waals surface area contributed by atoms with E-state index in [-0.39, 0.29) is 5.60 Å². The second-order valence-electron chi connectivity index (χ2n) is 4.28. The number of ether oxygens (including phenoxy) is 1. The number of hydrogen-bond donors (Lipinski definition) is 1. The summed E-state index contributed by atoms with van der Waals surface area (Å²) in [4.78, 5) is 0. The summed E-state index contributed by atoms with van der Waals surface area (Å²) in [5, 5.41) is 3.40. The molecule has 0 aromatic heterocycles. The van der Waals surface area contributed by atoms with Gasteiger partial charge in [-0.2, -0.15) is 0 Å². The van der Waals surface area contributed by atoms with Crippen LogP contribution in [0.1, 0.15) is 45.4 Å². The van der Waals surface area contributed by atoms with Gasteiger partial charge in [0.25, 0.3) is 0 Å². The molecule has 1 N–H and O–H groups in total. The molecule has 0 aromatic carbocycles. The highest BCUT2D eigenvalue weighted by Crippen LogP contribution is 2.36. The zero-order chi connectivity index (χ0) is 11.1. The first-order valence-electron chi connectivity index (χ1n) is 5.91. The zero-order valence-electron chi connectivity index (χ0n) is 10.2. The third-order valence-corrected chi connectivity index (χ3v) is 3.57. The molecule has 15 heavy (non-hydrogen) atoms. The van der Waals surface area contributed by atoms with Crippen molar-refractivity contribution in [2.24, 2.45) is 0 Å². The van der Waals surface area contributed by atoms with E-state index in [0.717, 1.165) is 12.8 Å². The first-order valence-corrected chi connectivity index (χ1v) is 5.91. The molecular formula is C13H23NO. The smallest absolute Gasteiger partial charge is 0.0831 e. The summed E-state index contributed by atoms with van der Waals surface area (Å²) in [6, 6.07) is 0.450. The first kappa shape index (κ1) is 12.5. The lowest BCUT2D eigenvalue weighted by Gasteiger charge is -2.36. The van der Waals surface area contributed by atoms with E-state index in [1.807, 2.05) is 21.1 Å². The van der Waals surface area contributed by atoms with E-state index in [1.165, 1.54) is 25.7 Å². The topological polar surface area (TPSA) is 21.3 Å². The Morgan fingerprint density at radius 1 is 1.40 bits per heavy atom. The second kappa shape index (κ2) is 6.15. The highest BCUT2D eigenvalue weighted by molar-refractivity contribution is 5.01. The standard InChI is InChI=1S/C13H23NO/c1-4-5-6-9-12(14-2)13(15-3)10-7-8-11-13/h12,14H,6-11H2,1-3H3. The van der Waals surface area contributed by atoms with E-state index in [0.29, 0.717) is 6.04 Å². The average Bonchev–Trinajstić information content (AvgIpc) is 2.74. The molecule has 0 heterocycles. The number of hydrogen-bond acceptors (Lipinski definition) is 2. The molecule has 0 amide bonds. The van der Waals surface area contributed by atoms with Crippen LogP contribution in [-0.4, -0.2) is 25.8 Å². The van der Waals surface area contributed by atoms with Crippen LogP contribution in [0.2, 0.25) is 0 Å². The van der Waals surface area contributed by atoms with Crippen LogP contribution >= 0.6 is 0 Å². The predicted molar refractivity (Wildman–Crippen MR) is 63.7 cm³/mol. The summed E-state index contributed by atoms with van der Waals surface area (Å²) in [5.74, 6) is 6.08. The number of nitrogens with one attached hydrogen (secondary N) is 1. The molecule has 2 heteroatoms. The molecule has 0 saturated heterocycles. The fraction of sp³-hybridized carbons (Fsp3) is 0.846. The molecule has 1 rings (SSSR count). The Balaban J connectivity index is 2.56. The molecule has 1 fully saturated rings. The van der Waals surface area contributed by atoms with Crippen molar-refractivity contribution in [3.63, 3.8) is 0 Å². The van der Waals surface area contributed by atoms with E-state index in [2.05, 4.69) is 17.2 Å². The molecule has 1 aliphatic rings. The summed E-state index contributed by atoms with van der Waals surface area (Å²) >= 11 is 0. The predicted octanol–water partition coefficient (Wildman–Crippen LogP) is 2.34. The summed E-state index contributed by atoms with van der Waals surface area (Å²) in [6.07, 6.45) is 7.03. The van der Waals surface area contributed by atoms with Gasteiger partial charge in [0.05, 0.1) is 5.60 Å². The summed E-state index contributed by atoms with van der Waals surface area (Å²) in [5.41, 5.74) is 0.0736. The van der Waals surface area contributed by atoms with E-state index in [4.69, 9.17) is 4.74 Å². The largest absolute Gasteiger partial charge is 0.377 e. The van der Waals surface area contributed by atoms with Crippen molar-refractivity contribution in [3.8, 4) is 11.8 Å². The fourth-order valence-electron chi connectivity index (χ4n) is 2.68. The quantitative estimate of drug-likeness (QED) is 0.702. The normalized spacial score (nSPS) is 20.7. The monoisotopic (exact) mass is 209 g/mol. The minimum Gasteiger partial charge on any atom is -0.377 e. The third kappa shape index (κ3) is 2.96. The van der Waals surface area contributed by atoms with E-state index in [1.54, 1.807) is 0 Å². The van der Waals surface area contributed by atoms with Crippen molar-refractivity contribution in [3.05, 3.63) is 0 Å². The number of rotatable bonds is 5. The Morgan fingerprint density at radius 2 is 2.07 bits per heavy atom. The Morgan fingerprint density at radius 3 is 2.53 bits per heavy atom. The highest BCUT2D eigenvalue weighted by Gasteiger charge is 2.40. The number of methoxy groups -OCH3 is 1. The van der Waals surface area contributed by atoms with Gasteiger partial charge in [-0.25, -0.2) is 0 Å². The molecule has 0 aliphatic heterocycles. The van der Waals surface area contributed by atoms with Gasteiger partial charge in [0.15, 0.2) is 0 Å². The lowest BCUT2D eigenvalue weighted by Crippen LogP contribution is -2.49. The van der Waals surface area contributed by atoms with Gasteiger partial charge in [0, 0.05) is 19.6 Å². The van der Waals surface area contributed by atoms with Crippen molar-refractivity contribution in [2.45, 2.75) is 57.1 Å². The maximum absolute atomic E-state index is 5.77. The first-order chi connectivity index (χ1) is 7.29. The van der Waals surface area contributed by atoms with Gasteiger partial charge in [-0.15, -0.1) is 11.8 Å². The van der Waals surface area contributed by atoms with Crippen LogP contribution < -0.4 is 5.32 Å². The van der Waals surface area contributed by atoms with Crippen LogP contribution in [-0.2, 0) is 4.74 Å². The summed E-state index contributed by atoms with van der Waals surface area (Å²) in [6.45, 7) is 1.90. The van der Waals surface area contributed by atoms with Crippen LogP contribution in [0.25, 0.3) is 0 Å². The van der Waals surface area contributed by atoms with Gasteiger partial charge in [-0.1, -0.05) is 12.8 Å². The maximum atomic E-state index is 5.77. The Labute approximate surface area is 93.8 Å². The van der Waals surface area contributed by atoms with Crippen molar-refractivity contribution in [1.82, 2.24) is 5.32 Å². The van der Waals surface area contributed by atoms with Gasteiger partial charge in [-0.05, 0) is 33.2 Å². The SMILES string of the molecule is CC#CCCC(NC)C1(OC)CCCC1. The van der Waals surface area contributed by atoms with Crippen LogP contribution in [0.3, 0.4) is 0 Å². The van der Waals surface area contributed by atoms with E-state index in [9.17, 15) is 0 Å². The van der Waals surface area contributed by atoms with Gasteiger partial charge in [0.1, 0.15) is 0 Å². The summed E-state index contributed by atoms with van der Waals surface area (Å²) in [7, 11) is 3.88. The van der Waals surface area contributed by atoms with Crippen LogP contribution in [0.4, 0.5) is 0 Å². The molecule has 86 valence electrons. The molecule has 2 nitrogen and oxygen atoms in total. The Hall–Kier alpha value is -0.520. The molecule has 0 aromatic rings. The lowest BCUT2D eigenvalue weighted by atomic mass is 9.89. The van der Waals surface area contributed by atoms with Gasteiger partial charge in [-0.3, -0.25) is 0 Å². The molecule has 0 spiro atoms. The Kier molecular flexibility index (Phi) is 5.14. The minimum atomic E-state index is 0.0736.